The average molecular weight is 1430 g/mol. The van der Waals surface area contributed by atoms with E-state index in [0.717, 1.165) is 17.1 Å². The largest absolute Gasteiger partial charge is 0.445 e. The lowest BCUT2D eigenvalue weighted by atomic mass is 9.89. The second-order valence-electron chi connectivity index (χ2n) is 27.0. The van der Waals surface area contributed by atoms with Gasteiger partial charge < -0.3 is 81.5 Å². The third-order valence-electron chi connectivity index (χ3n) is 18.4. The van der Waals surface area contributed by atoms with Gasteiger partial charge in [-0.1, -0.05) is 111 Å². The molecule has 12 atom stereocenters. The predicted molar refractivity (Wildman–Crippen MR) is 379 cm³/mol. The molecule has 0 radical (unpaired) electrons. The molecule has 30 heteroatoms. The smallest absolute Gasteiger partial charge is 0.410 e. The molecule has 0 aliphatic carbocycles. The number of rotatable bonds is 44. The Bertz CT molecular complexity index is 3100. The Kier molecular flexibility index (Phi) is 36.5. The summed E-state index contributed by atoms with van der Waals surface area (Å²) in [7, 11) is 6.06. The molecule has 4 rings (SSSR count). The number of likely N-dealkylation sites (tertiary alicyclic amines) is 1. The number of imide groups is 1. The minimum atomic E-state index is -1.14. The van der Waals surface area contributed by atoms with E-state index >= 15 is 0 Å². The number of likely N-dealkylation sites (N-methyl/N-ethyl adjacent to an activating group) is 2. The van der Waals surface area contributed by atoms with Crippen LogP contribution in [0.15, 0.2) is 66.7 Å². The van der Waals surface area contributed by atoms with E-state index in [-0.39, 0.29) is 108 Å². The summed E-state index contributed by atoms with van der Waals surface area (Å²) in [4.78, 5) is 164. The van der Waals surface area contributed by atoms with Crippen LogP contribution in [0.4, 0.5) is 15.3 Å². The van der Waals surface area contributed by atoms with E-state index in [2.05, 4.69) is 37.2 Å². The van der Waals surface area contributed by atoms with Crippen LogP contribution in [-0.4, -0.2) is 231 Å². The molecule has 1 fully saturated rings. The quantitative estimate of drug-likeness (QED) is 0.0339. The van der Waals surface area contributed by atoms with Gasteiger partial charge in [0.05, 0.1) is 75.2 Å². The number of carbonyl (C=O) groups is 12. The Morgan fingerprint density at radius 3 is 1.90 bits per heavy atom. The van der Waals surface area contributed by atoms with Crippen molar-refractivity contribution in [1.82, 2.24) is 51.5 Å². The van der Waals surface area contributed by atoms with Crippen molar-refractivity contribution < 1.29 is 86.3 Å². The topological polar surface area (TPSA) is 394 Å². The number of primary amides is 1. The first kappa shape index (κ1) is 85.8. The number of nitrogens with zero attached hydrogens (tertiary/aromatic N) is 4. The van der Waals surface area contributed by atoms with Crippen LogP contribution in [0.5, 0.6) is 0 Å². The van der Waals surface area contributed by atoms with E-state index in [0.29, 0.717) is 42.6 Å². The van der Waals surface area contributed by atoms with Crippen molar-refractivity contribution in [3.8, 4) is 0 Å². The molecule has 2 aliphatic rings. The number of methoxy groups -OCH3 is 2. The first-order valence-corrected chi connectivity index (χ1v) is 35.2. The van der Waals surface area contributed by atoms with Gasteiger partial charge in [-0.05, 0) is 79.5 Å². The molecule has 1 saturated heterocycles. The molecule has 10 N–H and O–H groups in total. The van der Waals surface area contributed by atoms with Crippen LogP contribution in [0.3, 0.4) is 0 Å². The van der Waals surface area contributed by atoms with Crippen molar-refractivity contribution in [2.24, 2.45) is 35.3 Å². The Labute approximate surface area is 599 Å². The molecule has 0 spiro atoms. The van der Waals surface area contributed by atoms with E-state index in [1.165, 1.54) is 26.2 Å². The molecule has 102 heavy (non-hydrogen) atoms. The van der Waals surface area contributed by atoms with Crippen molar-refractivity contribution in [3.63, 3.8) is 0 Å². The summed E-state index contributed by atoms with van der Waals surface area (Å²) in [6.07, 6.45) is 0.973. The molecule has 30 nitrogen and oxygen atoms in total. The average Bonchev–Trinajstić information content (AvgIpc) is 1.49. The first-order chi connectivity index (χ1) is 48.4. The zero-order valence-corrected chi connectivity index (χ0v) is 61.8. The van der Waals surface area contributed by atoms with Crippen molar-refractivity contribution >= 4 is 76.9 Å². The van der Waals surface area contributed by atoms with Crippen LogP contribution in [0, 0.1) is 29.6 Å². The van der Waals surface area contributed by atoms with Crippen molar-refractivity contribution in [2.75, 3.05) is 86.2 Å². The van der Waals surface area contributed by atoms with Crippen molar-refractivity contribution in [2.45, 2.75) is 188 Å². The molecular formula is C72H112N12O18. The second-order valence-corrected chi connectivity index (χ2v) is 27.0. The van der Waals surface area contributed by atoms with Gasteiger partial charge >= 0.3 is 12.1 Å². The summed E-state index contributed by atoms with van der Waals surface area (Å²) >= 11 is 0. The number of carbonyl (C=O) groups excluding carboxylic acids is 12. The maximum Gasteiger partial charge on any atom is 0.410 e. The highest BCUT2D eigenvalue weighted by atomic mass is 16.6. The van der Waals surface area contributed by atoms with Gasteiger partial charge in [0, 0.05) is 85.2 Å². The molecule has 2 aromatic rings. The number of hydrogen-bond acceptors (Lipinski definition) is 18. The van der Waals surface area contributed by atoms with Gasteiger partial charge in [-0.2, -0.15) is 0 Å². The number of anilines is 1. The van der Waals surface area contributed by atoms with Gasteiger partial charge in [-0.15, -0.1) is 0 Å². The maximum absolute atomic E-state index is 14.8. The van der Waals surface area contributed by atoms with Crippen LogP contribution >= 0.6 is 0 Å². The van der Waals surface area contributed by atoms with Crippen LogP contribution in [-0.2, 0) is 78.2 Å². The number of nitrogens with two attached hydrogens (primary N) is 1. The summed E-state index contributed by atoms with van der Waals surface area (Å²) in [6, 6.07) is 8.56. The van der Waals surface area contributed by atoms with E-state index < -0.39 is 138 Å². The lowest BCUT2D eigenvalue weighted by Gasteiger charge is -2.41. The van der Waals surface area contributed by atoms with Gasteiger partial charge in [0.25, 0.3) is 11.8 Å². The van der Waals surface area contributed by atoms with Gasteiger partial charge in [-0.25, -0.2) is 9.59 Å². The standard InChI is InChI=1S/C72H112N12O18/c1-15-46(8)63(54(98-13)41-59(89)83-35-20-24-53(83)65(99-14)47(9)66(91)76-48(10)64(90)50-21-17-16-18-22-50)81(11)70(95)61(44(4)5)80-69(94)62(45(6)7)82(12)72(97)102-42-49-25-27-51(28-26-49)77-67(92)52(23-19-33-75-71(73)96)78-68(93)60(43(2)3)79-56(86)32-37-100-39-40-101-38-34-74-55(85)31-36-84-57(87)29-30-58(84)88/h16-18,21-22,25-30,43-48,52-54,60-65,90H,15,19-20,23-24,31-42H2,1-14H3,(H,74,85)(H,76,91)(H,77,92)(H,78,93)(H,79,86)(H,80,94)(H3,73,75,96)/t46-,47+,48+,52-,53-,54?,60-,61-,62-,63-,64+,65+/m0/s1. The fourth-order valence-corrected chi connectivity index (χ4v) is 12.4. The minimum Gasteiger partial charge on any atom is -0.445 e. The molecule has 0 aromatic heterocycles. The molecule has 1 unspecified atom stereocenters. The van der Waals surface area contributed by atoms with E-state index in [1.807, 2.05) is 32.0 Å². The summed E-state index contributed by atoms with van der Waals surface area (Å²) in [5.74, 6) is -6.81. The molecule has 2 heterocycles. The highest BCUT2D eigenvalue weighted by Gasteiger charge is 2.44. The highest BCUT2D eigenvalue weighted by molar-refractivity contribution is 6.13. The zero-order valence-electron chi connectivity index (χ0n) is 61.8. The normalized spacial score (nSPS) is 16.9. The van der Waals surface area contributed by atoms with Crippen LogP contribution in [0.2, 0.25) is 0 Å². The van der Waals surface area contributed by atoms with E-state index in [4.69, 9.17) is 29.4 Å². The van der Waals surface area contributed by atoms with Gasteiger partial charge in [0.15, 0.2) is 0 Å². The summed E-state index contributed by atoms with van der Waals surface area (Å²) in [6.45, 7) is 18.8. The molecule has 0 saturated carbocycles. The summed E-state index contributed by atoms with van der Waals surface area (Å²) < 4.78 is 28.7. The van der Waals surface area contributed by atoms with E-state index in [1.54, 1.807) is 109 Å². The van der Waals surface area contributed by atoms with Crippen LogP contribution < -0.4 is 43.0 Å². The zero-order chi connectivity index (χ0) is 75.9. The van der Waals surface area contributed by atoms with Crippen molar-refractivity contribution in [1.29, 1.82) is 0 Å². The third kappa shape index (κ3) is 26.7. The number of aliphatic hydroxyl groups excluding tert-OH is 1. The van der Waals surface area contributed by atoms with E-state index in [9.17, 15) is 62.6 Å². The van der Waals surface area contributed by atoms with Crippen molar-refractivity contribution in [3.05, 3.63) is 77.9 Å². The number of nitrogens with one attached hydrogen (secondary N) is 7. The number of urea groups is 1. The molecule has 13 amide bonds. The van der Waals surface area contributed by atoms with Crippen LogP contribution in [0.25, 0.3) is 0 Å². The maximum atomic E-state index is 14.8. The molecule has 0 bridgehead atoms. The number of benzene rings is 2. The SMILES string of the molecule is CC[C@H](C)[C@@H](C(CC(=O)N1CCC[C@H]1[C@H](OC)[C@@H](C)C(=O)N[C@H](C)[C@@H](O)c1ccccc1)OC)N(C)C(=O)[C@@H](NC(=O)[C@H](C(C)C)N(C)C(=O)OCc1ccc(NC(=O)[C@H](CCCNC(N)=O)NC(=O)[C@@H](NC(=O)CCOCCOCCNC(=O)CCN2C(=O)C=CC2=O)C(C)C)cc1)C(C)C. The van der Waals surface area contributed by atoms with Gasteiger partial charge in [0.1, 0.15) is 30.8 Å². The number of amides is 13. The second kappa shape index (κ2) is 43.4. The fraction of sp³-hybridized carbons (Fsp3) is 0.639. The predicted octanol–water partition coefficient (Wildman–Crippen LogP) is 3.45. The van der Waals surface area contributed by atoms with Gasteiger partial charge in [-0.3, -0.25) is 57.7 Å². The fourth-order valence-electron chi connectivity index (χ4n) is 12.4. The number of hydrogen-bond donors (Lipinski definition) is 9. The number of ether oxygens (including phenoxy) is 5. The third-order valence-corrected chi connectivity index (χ3v) is 18.4. The lowest BCUT2D eigenvalue weighted by Crippen LogP contribution is -2.60. The molecular weight excluding hydrogens is 1320 g/mol. The Morgan fingerprint density at radius 2 is 1.31 bits per heavy atom. The Morgan fingerprint density at radius 1 is 0.676 bits per heavy atom. The summed E-state index contributed by atoms with van der Waals surface area (Å²) in [5, 5.41) is 30.2. The van der Waals surface area contributed by atoms with Gasteiger partial charge in [0.2, 0.25) is 47.3 Å². The minimum absolute atomic E-state index is 0.000861. The molecule has 2 aliphatic heterocycles. The lowest BCUT2D eigenvalue weighted by molar-refractivity contribution is -0.148. The highest BCUT2D eigenvalue weighted by Crippen LogP contribution is 2.31. The monoisotopic (exact) mass is 1430 g/mol. The summed E-state index contributed by atoms with van der Waals surface area (Å²) in [5.41, 5.74) is 6.75. The molecule has 2 aromatic carbocycles. The van der Waals surface area contributed by atoms with Crippen LogP contribution in [0.1, 0.15) is 138 Å². The Balaban J connectivity index is 1.32. The number of aliphatic hydroxyl groups is 1. The first-order valence-electron chi connectivity index (χ1n) is 35.2. The molecule has 568 valence electrons. The Hall–Kier alpha value is -8.58.